The summed E-state index contributed by atoms with van der Waals surface area (Å²) in [6, 6.07) is 4.20. The van der Waals surface area contributed by atoms with Gasteiger partial charge < -0.3 is 14.8 Å². The molecule has 1 aliphatic rings. The Bertz CT molecular complexity index is 458. The Morgan fingerprint density at radius 3 is 2.19 bits per heavy atom. The third kappa shape index (κ3) is 3.83. The van der Waals surface area contributed by atoms with Crippen LogP contribution in [0, 0.1) is 5.92 Å². The Labute approximate surface area is 133 Å². The highest BCUT2D eigenvalue weighted by molar-refractivity contribution is 6.31. The monoisotopic (exact) mass is 311 g/mol. The molecule has 0 bridgehead atoms. The Hall–Kier alpha value is -0.930. The molecule has 0 radical (unpaired) electrons. The molecule has 0 aliphatic carbocycles. The van der Waals surface area contributed by atoms with Gasteiger partial charge in [0.05, 0.1) is 0 Å². The molecule has 0 spiro atoms. The second-order valence-electron chi connectivity index (χ2n) is 5.62. The molecule has 118 valence electrons. The van der Waals surface area contributed by atoms with Gasteiger partial charge in [-0.25, -0.2) is 0 Å². The van der Waals surface area contributed by atoms with Crippen LogP contribution in [0.25, 0.3) is 0 Å². The Morgan fingerprint density at radius 2 is 1.67 bits per heavy atom. The van der Waals surface area contributed by atoms with E-state index in [2.05, 4.69) is 25.2 Å². The molecule has 1 atom stereocenters. The Balaban J connectivity index is 2.31. The first-order valence-electron chi connectivity index (χ1n) is 7.97. The van der Waals surface area contributed by atoms with E-state index in [-0.39, 0.29) is 6.04 Å². The number of rotatable bonds is 7. The summed E-state index contributed by atoms with van der Waals surface area (Å²) < 4.78 is 11.3. The molecule has 1 heterocycles. The fourth-order valence-electron chi connectivity index (χ4n) is 3.18. The lowest BCUT2D eigenvalue weighted by Crippen LogP contribution is -2.26. The molecule has 1 aromatic rings. The van der Waals surface area contributed by atoms with Gasteiger partial charge in [0.25, 0.3) is 0 Å². The van der Waals surface area contributed by atoms with Crippen LogP contribution in [0.5, 0.6) is 11.5 Å². The van der Waals surface area contributed by atoms with Gasteiger partial charge in [-0.15, -0.1) is 0 Å². The quantitative estimate of drug-likeness (QED) is 0.799. The SMILES string of the molecule is CCCC(CCC)C(NC)c1cc2c(cc1Cl)OCCO2. The smallest absolute Gasteiger partial charge is 0.162 e. The fraction of sp³-hybridized carbons (Fsp3) is 0.647. The lowest BCUT2D eigenvalue weighted by molar-refractivity contribution is 0.171. The van der Waals surface area contributed by atoms with E-state index in [1.165, 1.54) is 25.7 Å². The molecular formula is C17H26ClNO2. The minimum atomic E-state index is 0.258. The molecule has 1 N–H and O–H groups in total. The second kappa shape index (κ2) is 7.90. The zero-order chi connectivity index (χ0) is 15.2. The van der Waals surface area contributed by atoms with Crippen molar-refractivity contribution in [1.82, 2.24) is 5.32 Å². The van der Waals surface area contributed by atoms with Crippen LogP contribution in [-0.4, -0.2) is 20.3 Å². The van der Waals surface area contributed by atoms with Crippen molar-refractivity contribution in [2.45, 2.75) is 45.6 Å². The van der Waals surface area contributed by atoms with Crippen LogP contribution in [0.3, 0.4) is 0 Å². The highest BCUT2D eigenvalue weighted by Gasteiger charge is 2.25. The summed E-state index contributed by atoms with van der Waals surface area (Å²) in [6.45, 7) is 5.67. The van der Waals surface area contributed by atoms with Crippen molar-refractivity contribution < 1.29 is 9.47 Å². The normalized spacial score (nSPS) is 15.3. The first kappa shape index (κ1) is 16.4. The molecule has 1 aromatic carbocycles. The Morgan fingerprint density at radius 1 is 1.10 bits per heavy atom. The molecule has 1 aliphatic heterocycles. The van der Waals surface area contributed by atoms with E-state index in [0.717, 1.165) is 22.1 Å². The largest absolute Gasteiger partial charge is 0.486 e. The number of benzene rings is 1. The van der Waals surface area contributed by atoms with Gasteiger partial charge >= 0.3 is 0 Å². The number of hydrogen-bond acceptors (Lipinski definition) is 3. The molecule has 2 rings (SSSR count). The number of fused-ring (bicyclic) bond motifs is 1. The highest BCUT2D eigenvalue weighted by atomic mass is 35.5. The average Bonchev–Trinajstić information content (AvgIpc) is 2.49. The van der Waals surface area contributed by atoms with Crippen molar-refractivity contribution in [1.29, 1.82) is 0 Å². The molecule has 0 aromatic heterocycles. The van der Waals surface area contributed by atoms with E-state index in [1.54, 1.807) is 0 Å². The third-order valence-electron chi connectivity index (χ3n) is 4.10. The molecule has 3 nitrogen and oxygen atoms in total. The predicted octanol–water partition coefficient (Wildman–Crippen LogP) is 4.59. The maximum absolute atomic E-state index is 6.50. The van der Waals surface area contributed by atoms with Crippen molar-refractivity contribution >= 4 is 11.6 Å². The van der Waals surface area contributed by atoms with E-state index >= 15 is 0 Å². The molecule has 0 saturated carbocycles. The van der Waals surface area contributed by atoms with Gasteiger partial charge in [-0.2, -0.15) is 0 Å². The fourth-order valence-corrected chi connectivity index (χ4v) is 3.45. The van der Waals surface area contributed by atoms with Gasteiger partial charge in [0.15, 0.2) is 11.5 Å². The summed E-state index contributed by atoms with van der Waals surface area (Å²) in [7, 11) is 2.01. The number of hydrogen-bond donors (Lipinski definition) is 1. The molecule has 1 unspecified atom stereocenters. The van der Waals surface area contributed by atoms with E-state index in [1.807, 2.05) is 13.1 Å². The summed E-state index contributed by atoms with van der Waals surface area (Å²) in [5, 5.41) is 4.21. The molecule has 4 heteroatoms. The summed E-state index contributed by atoms with van der Waals surface area (Å²) in [5.41, 5.74) is 1.12. The van der Waals surface area contributed by atoms with E-state index in [4.69, 9.17) is 21.1 Å². The van der Waals surface area contributed by atoms with Crippen molar-refractivity contribution in [3.8, 4) is 11.5 Å². The molecule has 0 fully saturated rings. The van der Waals surface area contributed by atoms with E-state index < -0.39 is 0 Å². The topological polar surface area (TPSA) is 30.5 Å². The lowest BCUT2D eigenvalue weighted by Gasteiger charge is -2.29. The molecule has 0 amide bonds. The standard InChI is InChI=1S/C17H26ClNO2/c1-4-6-12(7-5-2)17(19-3)13-10-15-16(11-14(13)18)21-9-8-20-15/h10-12,17,19H,4-9H2,1-3H3. The number of ether oxygens (including phenoxy) is 2. The molecule has 0 saturated heterocycles. The minimum absolute atomic E-state index is 0.258. The van der Waals surface area contributed by atoms with Gasteiger partial charge in [0.2, 0.25) is 0 Å². The van der Waals surface area contributed by atoms with Crippen LogP contribution in [0.15, 0.2) is 12.1 Å². The Kier molecular flexibility index (Phi) is 6.19. The van der Waals surface area contributed by atoms with Gasteiger partial charge in [-0.1, -0.05) is 38.3 Å². The van der Waals surface area contributed by atoms with Crippen LogP contribution in [0.4, 0.5) is 0 Å². The number of nitrogens with one attached hydrogen (secondary N) is 1. The number of halogens is 1. The van der Waals surface area contributed by atoms with E-state index in [9.17, 15) is 0 Å². The maximum atomic E-state index is 6.50. The van der Waals surface area contributed by atoms with Crippen LogP contribution >= 0.6 is 11.6 Å². The first-order chi connectivity index (χ1) is 10.2. The summed E-state index contributed by atoms with van der Waals surface area (Å²) >= 11 is 6.50. The van der Waals surface area contributed by atoms with Gasteiger partial charge in [-0.05, 0) is 37.4 Å². The van der Waals surface area contributed by atoms with Crippen LogP contribution in [0.2, 0.25) is 5.02 Å². The zero-order valence-corrected chi connectivity index (χ0v) is 14.0. The summed E-state index contributed by atoms with van der Waals surface area (Å²) in [4.78, 5) is 0. The van der Waals surface area contributed by atoms with E-state index in [0.29, 0.717) is 19.1 Å². The summed E-state index contributed by atoms with van der Waals surface area (Å²) in [6.07, 6.45) is 4.77. The van der Waals surface area contributed by atoms with Crippen molar-refractivity contribution in [2.75, 3.05) is 20.3 Å². The second-order valence-corrected chi connectivity index (χ2v) is 6.03. The molecular weight excluding hydrogens is 286 g/mol. The lowest BCUT2D eigenvalue weighted by atomic mass is 9.86. The van der Waals surface area contributed by atoms with Gasteiger partial charge in [0.1, 0.15) is 13.2 Å². The van der Waals surface area contributed by atoms with Crippen molar-refractivity contribution in [3.05, 3.63) is 22.7 Å². The summed E-state index contributed by atoms with van der Waals surface area (Å²) in [5.74, 6) is 2.16. The van der Waals surface area contributed by atoms with Crippen LogP contribution < -0.4 is 14.8 Å². The first-order valence-corrected chi connectivity index (χ1v) is 8.35. The van der Waals surface area contributed by atoms with Crippen molar-refractivity contribution in [3.63, 3.8) is 0 Å². The highest BCUT2D eigenvalue weighted by Crippen LogP contribution is 2.40. The zero-order valence-electron chi connectivity index (χ0n) is 13.2. The van der Waals surface area contributed by atoms with Crippen LogP contribution in [-0.2, 0) is 0 Å². The molecule has 21 heavy (non-hydrogen) atoms. The van der Waals surface area contributed by atoms with Crippen molar-refractivity contribution in [2.24, 2.45) is 5.92 Å². The third-order valence-corrected chi connectivity index (χ3v) is 4.43. The van der Waals surface area contributed by atoms with Gasteiger partial charge in [-0.3, -0.25) is 0 Å². The van der Waals surface area contributed by atoms with Crippen LogP contribution in [0.1, 0.15) is 51.1 Å². The van der Waals surface area contributed by atoms with Gasteiger partial charge in [0, 0.05) is 17.1 Å². The minimum Gasteiger partial charge on any atom is -0.486 e. The predicted molar refractivity (Wildman–Crippen MR) is 87.5 cm³/mol. The maximum Gasteiger partial charge on any atom is 0.162 e. The average molecular weight is 312 g/mol.